The van der Waals surface area contributed by atoms with E-state index in [1.165, 1.54) is 31.8 Å². The van der Waals surface area contributed by atoms with Gasteiger partial charge in [0, 0.05) is 19.1 Å². The van der Waals surface area contributed by atoms with Gasteiger partial charge in [-0.15, -0.1) is 0 Å². The van der Waals surface area contributed by atoms with Crippen LogP contribution >= 0.6 is 0 Å². The number of esters is 1. The molecule has 0 N–H and O–H groups in total. The maximum atomic E-state index is 11.0. The van der Waals surface area contributed by atoms with E-state index in [0.717, 1.165) is 12.8 Å². The van der Waals surface area contributed by atoms with Crippen molar-refractivity contribution in [3.63, 3.8) is 0 Å². The van der Waals surface area contributed by atoms with Gasteiger partial charge in [0.05, 0.1) is 0 Å². The predicted octanol–water partition coefficient (Wildman–Crippen LogP) is 3.44. The smallest absolute Gasteiger partial charge is 0.332 e. The van der Waals surface area contributed by atoms with Crippen molar-refractivity contribution in [1.29, 1.82) is 0 Å². The Hall–Kier alpha value is -0.830. The Morgan fingerprint density at radius 3 is 2.50 bits per heavy atom. The molecule has 0 aliphatic carbocycles. The van der Waals surface area contributed by atoms with Crippen molar-refractivity contribution in [3.8, 4) is 0 Å². The lowest BCUT2D eigenvalue weighted by molar-refractivity contribution is -0.173. The third-order valence-electron chi connectivity index (χ3n) is 2.31. The summed E-state index contributed by atoms with van der Waals surface area (Å²) >= 11 is 0. The second kappa shape index (κ2) is 10.7. The van der Waals surface area contributed by atoms with E-state index >= 15 is 0 Å². The van der Waals surface area contributed by atoms with E-state index in [1.54, 1.807) is 0 Å². The van der Waals surface area contributed by atoms with Crippen LogP contribution in [0.25, 0.3) is 0 Å². The van der Waals surface area contributed by atoms with Gasteiger partial charge >= 0.3 is 5.97 Å². The second-order valence-electron chi connectivity index (χ2n) is 3.73. The monoisotopic (exact) mass is 228 g/mol. The van der Waals surface area contributed by atoms with E-state index in [-0.39, 0.29) is 0 Å². The summed E-state index contributed by atoms with van der Waals surface area (Å²) in [6.45, 7) is 8.01. The summed E-state index contributed by atoms with van der Waals surface area (Å²) in [6.07, 6.45) is 7.49. The molecule has 0 amide bonds. The van der Waals surface area contributed by atoms with Crippen LogP contribution in [0.1, 0.15) is 52.4 Å². The standard InChI is InChI=1S/C13H24O3/c1-4-7-8-9-10-11-13(15-6-3)16-12(14)5-2/h5,13H,2,4,6-11H2,1,3H3. The highest BCUT2D eigenvalue weighted by Gasteiger charge is 2.11. The van der Waals surface area contributed by atoms with E-state index in [2.05, 4.69) is 13.5 Å². The zero-order valence-electron chi connectivity index (χ0n) is 10.5. The third kappa shape index (κ3) is 8.48. The van der Waals surface area contributed by atoms with Crippen LogP contribution in [0.4, 0.5) is 0 Å². The lowest BCUT2D eigenvalue weighted by Gasteiger charge is -2.16. The molecule has 0 saturated heterocycles. The SMILES string of the molecule is C=CC(=O)OC(CCCCCCC)OCC. The first-order chi connectivity index (χ1) is 7.74. The number of hydrogen-bond acceptors (Lipinski definition) is 3. The van der Waals surface area contributed by atoms with Gasteiger partial charge in [-0.1, -0.05) is 39.2 Å². The van der Waals surface area contributed by atoms with E-state index < -0.39 is 12.3 Å². The normalized spacial score (nSPS) is 12.1. The second-order valence-corrected chi connectivity index (χ2v) is 3.73. The molecule has 0 spiro atoms. The molecule has 0 aromatic heterocycles. The Bertz CT molecular complexity index is 190. The van der Waals surface area contributed by atoms with Crippen LogP contribution in [0.3, 0.4) is 0 Å². The number of carbonyl (C=O) groups excluding carboxylic acids is 1. The minimum absolute atomic E-state index is 0.405. The van der Waals surface area contributed by atoms with Crippen LogP contribution in [0.2, 0.25) is 0 Å². The Morgan fingerprint density at radius 1 is 1.25 bits per heavy atom. The van der Waals surface area contributed by atoms with Crippen molar-refractivity contribution >= 4 is 5.97 Å². The van der Waals surface area contributed by atoms with Gasteiger partial charge in [0.15, 0.2) is 0 Å². The molecule has 0 aromatic carbocycles. The quantitative estimate of drug-likeness (QED) is 0.249. The first-order valence-corrected chi connectivity index (χ1v) is 6.19. The highest BCUT2D eigenvalue weighted by Crippen LogP contribution is 2.10. The van der Waals surface area contributed by atoms with Crippen LogP contribution in [0, 0.1) is 0 Å². The molecule has 94 valence electrons. The van der Waals surface area contributed by atoms with Gasteiger partial charge in [-0.25, -0.2) is 4.79 Å². The minimum atomic E-state index is -0.410. The number of unbranched alkanes of at least 4 members (excludes halogenated alkanes) is 4. The Morgan fingerprint density at radius 2 is 1.94 bits per heavy atom. The van der Waals surface area contributed by atoms with Crippen LogP contribution in [-0.4, -0.2) is 18.9 Å². The maximum absolute atomic E-state index is 11.0. The van der Waals surface area contributed by atoms with Gasteiger partial charge < -0.3 is 9.47 Å². The fourth-order valence-electron chi connectivity index (χ4n) is 1.45. The topological polar surface area (TPSA) is 35.5 Å². The van der Waals surface area contributed by atoms with Crippen molar-refractivity contribution < 1.29 is 14.3 Å². The molecular formula is C13H24O3. The Labute approximate surface area is 98.8 Å². The van der Waals surface area contributed by atoms with Gasteiger partial charge in [-0.2, -0.15) is 0 Å². The van der Waals surface area contributed by atoms with Crippen LogP contribution < -0.4 is 0 Å². The first kappa shape index (κ1) is 15.2. The molecule has 0 bridgehead atoms. The average Bonchev–Trinajstić information content (AvgIpc) is 2.28. The highest BCUT2D eigenvalue weighted by atomic mass is 16.7. The Balaban J connectivity index is 3.67. The molecule has 0 aliphatic heterocycles. The van der Waals surface area contributed by atoms with Gasteiger partial charge in [-0.05, 0) is 13.3 Å². The molecular weight excluding hydrogens is 204 g/mol. The summed E-state index contributed by atoms with van der Waals surface area (Å²) in [7, 11) is 0. The highest BCUT2D eigenvalue weighted by molar-refractivity contribution is 5.81. The lowest BCUT2D eigenvalue weighted by atomic mass is 10.1. The zero-order valence-corrected chi connectivity index (χ0v) is 10.5. The van der Waals surface area contributed by atoms with Crippen molar-refractivity contribution in [2.45, 2.75) is 58.7 Å². The lowest BCUT2D eigenvalue weighted by Crippen LogP contribution is -2.20. The molecule has 0 rings (SSSR count). The molecule has 16 heavy (non-hydrogen) atoms. The molecule has 0 heterocycles. The van der Waals surface area contributed by atoms with E-state index in [1.807, 2.05) is 6.92 Å². The molecule has 1 unspecified atom stereocenters. The number of rotatable bonds is 10. The molecule has 0 fully saturated rings. The van der Waals surface area contributed by atoms with Gasteiger partial charge in [0.2, 0.25) is 6.29 Å². The van der Waals surface area contributed by atoms with E-state index in [4.69, 9.17) is 9.47 Å². The first-order valence-electron chi connectivity index (χ1n) is 6.19. The summed E-state index contributed by atoms with van der Waals surface area (Å²) in [5.41, 5.74) is 0. The zero-order chi connectivity index (χ0) is 12.2. The predicted molar refractivity (Wildman–Crippen MR) is 65.1 cm³/mol. The molecule has 3 nitrogen and oxygen atoms in total. The van der Waals surface area contributed by atoms with Gasteiger partial charge in [-0.3, -0.25) is 0 Å². The molecule has 1 atom stereocenters. The summed E-state index contributed by atoms with van der Waals surface area (Å²) in [5, 5.41) is 0. The van der Waals surface area contributed by atoms with Gasteiger partial charge in [0.25, 0.3) is 0 Å². The van der Waals surface area contributed by atoms with Gasteiger partial charge in [0.1, 0.15) is 0 Å². The van der Waals surface area contributed by atoms with E-state index in [0.29, 0.717) is 6.61 Å². The molecule has 0 aromatic rings. The van der Waals surface area contributed by atoms with Crippen LogP contribution in [-0.2, 0) is 14.3 Å². The summed E-state index contributed by atoms with van der Waals surface area (Å²) in [6, 6.07) is 0. The number of ether oxygens (including phenoxy) is 2. The molecule has 0 saturated carbocycles. The fraction of sp³-hybridized carbons (Fsp3) is 0.769. The maximum Gasteiger partial charge on any atom is 0.332 e. The molecule has 0 radical (unpaired) electrons. The largest absolute Gasteiger partial charge is 0.433 e. The van der Waals surface area contributed by atoms with Crippen LogP contribution in [0.5, 0.6) is 0 Å². The summed E-state index contributed by atoms with van der Waals surface area (Å²) in [4.78, 5) is 11.0. The fourth-order valence-corrected chi connectivity index (χ4v) is 1.45. The molecule has 0 aliphatic rings. The Kier molecular flexibility index (Phi) is 10.1. The average molecular weight is 228 g/mol. The van der Waals surface area contributed by atoms with Crippen molar-refractivity contribution in [1.82, 2.24) is 0 Å². The number of hydrogen-bond donors (Lipinski definition) is 0. The minimum Gasteiger partial charge on any atom is -0.433 e. The number of carbonyl (C=O) groups is 1. The summed E-state index contributed by atoms with van der Waals surface area (Å²) < 4.78 is 10.4. The van der Waals surface area contributed by atoms with Crippen LogP contribution in [0.15, 0.2) is 12.7 Å². The van der Waals surface area contributed by atoms with Crippen molar-refractivity contribution in [2.24, 2.45) is 0 Å². The summed E-state index contributed by atoms with van der Waals surface area (Å²) in [5.74, 6) is -0.410. The van der Waals surface area contributed by atoms with Crippen molar-refractivity contribution in [2.75, 3.05) is 6.61 Å². The molecule has 3 heteroatoms. The third-order valence-corrected chi connectivity index (χ3v) is 2.31. The van der Waals surface area contributed by atoms with Crippen molar-refractivity contribution in [3.05, 3.63) is 12.7 Å². The van der Waals surface area contributed by atoms with E-state index in [9.17, 15) is 4.79 Å².